The van der Waals surface area contributed by atoms with Crippen molar-refractivity contribution >= 4 is 31.9 Å². The number of furan rings is 1. The molecule has 0 spiro atoms. The number of sulfonamides is 1. The van der Waals surface area contributed by atoms with E-state index in [1.54, 1.807) is 12.1 Å². The lowest BCUT2D eigenvalue weighted by Crippen LogP contribution is -2.30. The summed E-state index contributed by atoms with van der Waals surface area (Å²) in [5, 5.41) is 0. The molecule has 0 saturated heterocycles. The Hall–Kier alpha value is -1.60. The van der Waals surface area contributed by atoms with Crippen molar-refractivity contribution in [3.63, 3.8) is 0 Å². The van der Waals surface area contributed by atoms with Crippen LogP contribution in [0.3, 0.4) is 0 Å². The van der Waals surface area contributed by atoms with Gasteiger partial charge in [-0.2, -0.15) is 0 Å². The topological polar surface area (TPSA) is 76.4 Å². The van der Waals surface area contributed by atoms with Crippen molar-refractivity contribution < 1.29 is 17.6 Å². The zero-order valence-electron chi connectivity index (χ0n) is 8.96. The Balaban J connectivity index is 2.22. The number of carbonyl (C=O) groups is 1. The van der Waals surface area contributed by atoms with E-state index >= 15 is 0 Å². The van der Waals surface area contributed by atoms with E-state index in [1.165, 1.54) is 30.5 Å². The largest absolute Gasteiger partial charge is 0.459 e. The summed E-state index contributed by atoms with van der Waals surface area (Å²) in [4.78, 5) is 11.6. The molecule has 0 atom stereocenters. The summed E-state index contributed by atoms with van der Waals surface area (Å²) in [6, 6.07) is 8.81. The summed E-state index contributed by atoms with van der Waals surface area (Å²) in [5.74, 6) is -0.862. The zero-order valence-corrected chi connectivity index (χ0v) is 11.4. The first kappa shape index (κ1) is 12.8. The smallest absolute Gasteiger partial charge is 0.300 e. The Morgan fingerprint density at radius 2 is 1.83 bits per heavy atom. The van der Waals surface area contributed by atoms with Gasteiger partial charge in [-0.05, 0) is 36.4 Å². The predicted molar refractivity (Wildman–Crippen MR) is 67.5 cm³/mol. The Labute approximate surface area is 112 Å². The average Bonchev–Trinajstić information content (AvgIpc) is 2.82. The molecule has 94 valence electrons. The van der Waals surface area contributed by atoms with Crippen LogP contribution in [-0.4, -0.2) is 14.3 Å². The number of halogens is 1. The van der Waals surface area contributed by atoms with Crippen molar-refractivity contribution in [1.29, 1.82) is 0 Å². The van der Waals surface area contributed by atoms with Crippen LogP contribution >= 0.6 is 15.9 Å². The number of benzene rings is 1. The van der Waals surface area contributed by atoms with Crippen molar-refractivity contribution in [1.82, 2.24) is 4.72 Å². The molecule has 18 heavy (non-hydrogen) atoms. The minimum atomic E-state index is -3.88. The van der Waals surface area contributed by atoms with Crippen molar-refractivity contribution in [2.45, 2.75) is 4.90 Å². The summed E-state index contributed by atoms with van der Waals surface area (Å²) in [6.45, 7) is 0. The van der Waals surface area contributed by atoms with Crippen LogP contribution in [0.2, 0.25) is 0 Å². The Kier molecular flexibility index (Phi) is 3.53. The molecule has 0 fully saturated rings. The molecule has 7 heteroatoms. The Bertz CT molecular complexity index is 647. The third kappa shape index (κ3) is 2.80. The van der Waals surface area contributed by atoms with Gasteiger partial charge in [-0.15, -0.1) is 0 Å². The minimum absolute atomic E-state index is 0.00519. The summed E-state index contributed by atoms with van der Waals surface area (Å²) < 4.78 is 31.2. The molecule has 0 saturated carbocycles. The highest BCUT2D eigenvalue weighted by molar-refractivity contribution is 9.10. The lowest BCUT2D eigenvalue weighted by atomic mass is 10.4. The van der Waals surface area contributed by atoms with E-state index in [0.29, 0.717) is 0 Å². The monoisotopic (exact) mass is 329 g/mol. The van der Waals surface area contributed by atoms with Gasteiger partial charge in [-0.3, -0.25) is 4.79 Å². The molecule has 0 radical (unpaired) electrons. The molecular formula is C11H8BrNO4S. The second-order valence-electron chi connectivity index (χ2n) is 3.37. The average molecular weight is 330 g/mol. The second-order valence-corrected chi connectivity index (χ2v) is 5.96. The van der Waals surface area contributed by atoms with Crippen LogP contribution in [0.1, 0.15) is 10.6 Å². The van der Waals surface area contributed by atoms with Gasteiger partial charge in [0.25, 0.3) is 10.0 Å². The number of amides is 1. The number of nitrogens with one attached hydrogen (secondary N) is 1. The first-order chi connectivity index (χ1) is 8.49. The molecule has 1 amide bonds. The van der Waals surface area contributed by atoms with Gasteiger partial charge in [-0.1, -0.05) is 15.9 Å². The Morgan fingerprint density at radius 3 is 2.39 bits per heavy atom. The highest BCUT2D eigenvalue weighted by Gasteiger charge is 2.19. The van der Waals surface area contributed by atoms with Crippen molar-refractivity contribution in [2.75, 3.05) is 0 Å². The fourth-order valence-electron chi connectivity index (χ4n) is 1.25. The first-order valence-corrected chi connectivity index (χ1v) is 7.13. The van der Waals surface area contributed by atoms with E-state index in [0.717, 1.165) is 4.47 Å². The molecule has 1 aromatic heterocycles. The molecule has 1 aromatic carbocycles. The van der Waals surface area contributed by atoms with Crippen molar-refractivity contribution in [2.24, 2.45) is 0 Å². The van der Waals surface area contributed by atoms with Gasteiger partial charge in [0.05, 0.1) is 11.2 Å². The summed E-state index contributed by atoms with van der Waals surface area (Å²) >= 11 is 3.20. The minimum Gasteiger partial charge on any atom is -0.459 e. The van der Waals surface area contributed by atoms with Crippen LogP contribution in [0, 0.1) is 0 Å². The molecule has 1 heterocycles. The van der Waals surface area contributed by atoms with Crippen LogP contribution in [0.5, 0.6) is 0 Å². The van der Waals surface area contributed by atoms with Gasteiger partial charge in [0.1, 0.15) is 0 Å². The fourth-order valence-corrected chi connectivity index (χ4v) is 2.47. The SMILES string of the molecule is O=C(NS(=O)(=O)c1ccc(Br)cc1)c1ccco1. The maximum absolute atomic E-state index is 11.9. The zero-order chi connectivity index (χ0) is 13.2. The summed E-state index contributed by atoms with van der Waals surface area (Å²) in [5.41, 5.74) is 0. The van der Waals surface area contributed by atoms with Gasteiger partial charge in [0.15, 0.2) is 5.76 Å². The van der Waals surface area contributed by atoms with Gasteiger partial charge >= 0.3 is 5.91 Å². The standard InChI is InChI=1S/C11H8BrNO4S/c12-8-3-5-9(6-4-8)18(15,16)13-11(14)10-2-1-7-17-10/h1-7H,(H,13,14). The van der Waals surface area contributed by atoms with Gasteiger partial charge < -0.3 is 4.42 Å². The first-order valence-electron chi connectivity index (χ1n) is 4.85. The highest BCUT2D eigenvalue weighted by Crippen LogP contribution is 2.14. The number of rotatable bonds is 3. The second kappa shape index (κ2) is 4.95. The maximum Gasteiger partial charge on any atom is 0.300 e. The van der Waals surface area contributed by atoms with E-state index in [1.807, 2.05) is 4.72 Å². The number of hydrogen-bond donors (Lipinski definition) is 1. The number of carbonyl (C=O) groups excluding carboxylic acids is 1. The van der Waals surface area contributed by atoms with E-state index in [9.17, 15) is 13.2 Å². The van der Waals surface area contributed by atoms with Crippen LogP contribution in [0.4, 0.5) is 0 Å². The maximum atomic E-state index is 11.9. The van der Waals surface area contributed by atoms with E-state index < -0.39 is 15.9 Å². The normalized spacial score (nSPS) is 11.2. The molecule has 0 aliphatic carbocycles. The summed E-state index contributed by atoms with van der Waals surface area (Å²) in [6.07, 6.45) is 1.29. The summed E-state index contributed by atoms with van der Waals surface area (Å²) in [7, 11) is -3.88. The predicted octanol–water partition coefficient (Wildman–Crippen LogP) is 2.16. The van der Waals surface area contributed by atoms with E-state index in [2.05, 4.69) is 15.9 Å². The molecule has 0 aliphatic rings. The molecule has 2 rings (SSSR count). The third-order valence-electron chi connectivity index (χ3n) is 2.10. The molecular weight excluding hydrogens is 322 g/mol. The third-order valence-corrected chi connectivity index (χ3v) is 3.97. The lowest BCUT2D eigenvalue weighted by Gasteiger charge is -2.05. The quantitative estimate of drug-likeness (QED) is 0.936. The Morgan fingerprint density at radius 1 is 1.17 bits per heavy atom. The van der Waals surface area contributed by atoms with Gasteiger partial charge in [0, 0.05) is 4.47 Å². The van der Waals surface area contributed by atoms with Crippen molar-refractivity contribution in [3.05, 3.63) is 52.9 Å². The molecule has 5 nitrogen and oxygen atoms in total. The molecule has 2 aromatic rings. The molecule has 0 unspecified atom stereocenters. The molecule has 1 N–H and O–H groups in total. The van der Waals surface area contributed by atoms with Gasteiger partial charge in [-0.25, -0.2) is 13.1 Å². The van der Waals surface area contributed by atoms with Crippen LogP contribution < -0.4 is 4.72 Å². The van der Waals surface area contributed by atoms with Crippen LogP contribution in [0.15, 0.2) is 56.4 Å². The van der Waals surface area contributed by atoms with Crippen LogP contribution in [-0.2, 0) is 10.0 Å². The lowest BCUT2D eigenvalue weighted by molar-refractivity contribution is 0.0954. The molecule has 0 bridgehead atoms. The highest BCUT2D eigenvalue weighted by atomic mass is 79.9. The van der Waals surface area contributed by atoms with E-state index in [4.69, 9.17) is 4.42 Å². The van der Waals surface area contributed by atoms with Gasteiger partial charge in [0.2, 0.25) is 0 Å². The number of hydrogen-bond acceptors (Lipinski definition) is 4. The van der Waals surface area contributed by atoms with Crippen molar-refractivity contribution in [3.8, 4) is 0 Å². The van der Waals surface area contributed by atoms with E-state index in [-0.39, 0.29) is 10.7 Å². The molecule has 0 aliphatic heterocycles. The fraction of sp³-hybridized carbons (Fsp3) is 0. The van der Waals surface area contributed by atoms with Crippen LogP contribution in [0.25, 0.3) is 0 Å².